The van der Waals surface area contributed by atoms with E-state index in [0.29, 0.717) is 5.92 Å². The van der Waals surface area contributed by atoms with E-state index in [9.17, 15) is 14.7 Å². The fourth-order valence-corrected chi connectivity index (χ4v) is 3.28. The molecule has 0 radical (unpaired) electrons. The molecule has 5 heteroatoms. The third-order valence-electron chi connectivity index (χ3n) is 4.14. The van der Waals surface area contributed by atoms with Gasteiger partial charge in [0.2, 0.25) is 0 Å². The van der Waals surface area contributed by atoms with Gasteiger partial charge in [0.1, 0.15) is 11.6 Å². The maximum atomic E-state index is 12.5. The molecule has 1 aliphatic carbocycles. The van der Waals surface area contributed by atoms with Crippen molar-refractivity contribution >= 4 is 12.1 Å². The Hall–Kier alpha value is -1.26. The Morgan fingerprint density at radius 3 is 2.23 bits per heavy atom. The highest BCUT2D eigenvalue weighted by Gasteiger charge is 2.41. The summed E-state index contributed by atoms with van der Waals surface area (Å²) in [6.07, 6.45) is 3.33. The van der Waals surface area contributed by atoms with Crippen LogP contribution in [0.1, 0.15) is 67.2 Å². The fraction of sp³-hybridized carbons (Fsp3) is 0.882. The van der Waals surface area contributed by atoms with E-state index in [1.165, 1.54) is 4.90 Å². The SMILES string of the molecule is CC1CCCC(C(C(=O)O)N(C(=O)OC(C)(C)C)C(C)C)C1. The Morgan fingerprint density at radius 1 is 1.23 bits per heavy atom. The lowest BCUT2D eigenvalue weighted by molar-refractivity contribution is -0.147. The number of rotatable bonds is 4. The summed E-state index contributed by atoms with van der Waals surface area (Å²) in [4.78, 5) is 25.8. The molecule has 0 aromatic rings. The highest BCUT2D eigenvalue weighted by Crippen LogP contribution is 2.34. The Morgan fingerprint density at radius 2 is 1.82 bits per heavy atom. The third-order valence-corrected chi connectivity index (χ3v) is 4.14. The molecule has 0 aromatic carbocycles. The Kier molecular flexibility index (Phi) is 6.27. The summed E-state index contributed by atoms with van der Waals surface area (Å²) < 4.78 is 5.43. The van der Waals surface area contributed by atoms with Crippen molar-refractivity contribution in [1.82, 2.24) is 4.90 Å². The van der Waals surface area contributed by atoms with Crippen molar-refractivity contribution in [3.05, 3.63) is 0 Å². The lowest BCUT2D eigenvalue weighted by atomic mass is 9.78. The zero-order chi connectivity index (χ0) is 17.1. The van der Waals surface area contributed by atoms with Crippen LogP contribution in [-0.2, 0) is 9.53 Å². The molecule has 1 rings (SSSR count). The van der Waals surface area contributed by atoms with Gasteiger partial charge in [0, 0.05) is 6.04 Å². The highest BCUT2D eigenvalue weighted by atomic mass is 16.6. The quantitative estimate of drug-likeness (QED) is 0.854. The van der Waals surface area contributed by atoms with Crippen molar-refractivity contribution in [1.29, 1.82) is 0 Å². The highest BCUT2D eigenvalue weighted by molar-refractivity contribution is 5.80. The summed E-state index contributed by atoms with van der Waals surface area (Å²) in [6, 6.07) is -1.02. The summed E-state index contributed by atoms with van der Waals surface area (Å²) in [5, 5.41) is 9.73. The van der Waals surface area contributed by atoms with Gasteiger partial charge in [-0.1, -0.05) is 19.8 Å². The van der Waals surface area contributed by atoms with Crippen LogP contribution < -0.4 is 0 Å². The van der Waals surface area contributed by atoms with Crippen LogP contribution in [0.5, 0.6) is 0 Å². The second-order valence-electron chi connectivity index (χ2n) is 7.80. The number of carbonyl (C=O) groups excluding carboxylic acids is 1. The molecule has 3 unspecified atom stereocenters. The molecule has 0 bridgehead atoms. The van der Waals surface area contributed by atoms with Gasteiger partial charge in [-0.05, 0) is 59.3 Å². The summed E-state index contributed by atoms with van der Waals surface area (Å²) in [5.41, 5.74) is -0.632. The zero-order valence-electron chi connectivity index (χ0n) is 14.8. The number of carboxylic acid groups (broad SMARTS) is 1. The normalized spacial score (nSPS) is 24.0. The molecular weight excluding hydrogens is 282 g/mol. The van der Waals surface area contributed by atoms with Crippen molar-refractivity contribution in [2.75, 3.05) is 0 Å². The van der Waals surface area contributed by atoms with Crippen LogP contribution >= 0.6 is 0 Å². The van der Waals surface area contributed by atoms with E-state index in [0.717, 1.165) is 25.7 Å². The first-order valence-corrected chi connectivity index (χ1v) is 8.27. The molecule has 1 amide bonds. The first kappa shape index (κ1) is 18.8. The van der Waals surface area contributed by atoms with Crippen molar-refractivity contribution in [2.24, 2.45) is 11.8 Å². The average molecular weight is 313 g/mol. The molecule has 22 heavy (non-hydrogen) atoms. The molecule has 1 fully saturated rings. The Balaban J connectivity index is 3.01. The number of amides is 1. The molecule has 1 aliphatic rings. The predicted octanol–water partition coefficient (Wildman–Crippen LogP) is 3.91. The lowest BCUT2D eigenvalue weighted by Crippen LogP contribution is -2.54. The minimum absolute atomic E-state index is 0.00355. The van der Waals surface area contributed by atoms with Crippen LogP contribution in [-0.4, -0.2) is 39.8 Å². The number of ether oxygens (including phenoxy) is 1. The maximum absolute atomic E-state index is 12.5. The van der Waals surface area contributed by atoms with Crippen LogP contribution in [0, 0.1) is 11.8 Å². The van der Waals surface area contributed by atoms with Gasteiger partial charge in [0.25, 0.3) is 0 Å². The minimum atomic E-state index is -0.932. The van der Waals surface area contributed by atoms with Gasteiger partial charge in [-0.25, -0.2) is 9.59 Å². The van der Waals surface area contributed by atoms with Crippen molar-refractivity contribution in [3.63, 3.8) is 0 Å². The van der Waals surface area contributed by atoms with E-state index in [4.69, 9.17) is 4.74 Å². The van der Waals surface area contributed by atoms with Crippen LogP contribution in [0.25, 0.3) is 0 Å². The van der Waals surface area contributed by atoms with E-state index >= 15 is 0 Å². The second-order valence-corrected chi connectivity index (χ2v) is 7.80. The van der Waals surface area contributed by atoms with Gasteiger partial charge in [0.15, 0.2) is 0 Å². The number of carbonyl (C=O) groups is 2. The smallest absolute Gasteiger partial charge is 0.411 e. The Bertz CT molecular complexity index is 400. The summed E-state index contributed by atoms with van der Waals surface area (Å²) >= 11 is 0. The predicted molar refractivity (Wildman–Crippen MR) is 85.8 cm³/mol. The lowest BCUT2D eigenvalue weighted by Gasteiger charge is -2.40. The van der Waals surface area contributed by atoms with Gasteiger partial charge in [-0.15, -0.1) is 0 Å². The molecule has 0 aliphatic heterocycles. The molecule has 1 saturated carbocycles. The van der Waals surface area contributed by atoms with Gasteiger partial charge in [-0.2, -0.15) is 0 Å². The second kappa shape index (κ2) is 7.34. The summed E-state index contributed by atoms with van der Waals surface area (Å²) in [6.45, 7) is 11.2. The topological polar surface area (TPSA) is 66.8 Å². The molecular formula is C17H31NO4. The maximum Gasteiger partial charge on any atom is 0.411 e. The van der Waals surface area contributed by atoms with Crippen LogP contribution in [0.2, 0.25) is 0 Å². The van der Waals surface area contributed by atoms with Crippen molar-refractivity contribution in [2.45, 2.75) is 84.9 Å². The van der Waals surface area contributed by atoms with Gasteiger partial charge in [-0.3, -0.25) is 4.90 Å². The van der Waals surface area contributed by atoms with Crippen molar-refractivity contribution in [3.8, 4) is 0 Å². The number of hydrogen-bond donors (Lipinski definition) is 1. The standard InChI is InChI=1S/C17H31NO4/c1-11(2)18(16(21)22-17(4,5)6)14(15(19)20)13-9-7-8-12(3)10-13/h11-14H,7-10H2,1-6H3,(H,19,20). The average Bonchev–Trinajstić information content (AvgIpc) is 2.32. The molecule has 1 N–H and O–H groups in total. The molecule has 0 saturated heterocycles. The van der Waals surface area contributed by atoms with Crippen LogP contribution in [0.15, 0.2) is 0 Å². The first-order chi connectivity index (χ1) is 10.0. The van der Waals surface area contributed by atoms with Gasteiger partial charge >= 0.3 is 12.1 Å². The first-order valence-electron chi connectivity index (χ1n) is 8.27. The van der Waals surface area contributed by atoms with E-state index in [1.807, 2.05) is 13.8 Å². The molecule has 3 atom stereocenters. The van der Waals surface area contributed by atoms with E-state index in [1.54, 1.807) is 20.8 Å². The largest absolute Gasteiger partial charge is 0.480 e. The number of carboxylic acids is 1. The van der Waals surface area contributed by atoms with E-state index in [-0.39, 0.29) is 12.0 Å². The Labute approximate surface area is 134 Å². The van der Waals surface area contributed by atoms with E-state index < -0.39 is 23.7 Å². The summed E-state index contributed by atoms with van der Waals surface area (Å²) in [7, 11) is 0. The molecule has 0 aromatic heterocycles. The third kappa shape index (κ3) is 5.18. The van der Waals surface area contributed by atoms with E-state index in [2.05, 4.69) is 6.92 Å². The summed E-state index contributed by atoms with van der Waals surface area (Å²) in [5.74, 6) is -0.428. The monoisotopic (exact) mass is 313 g/mol. The number of aliphatic carboxylic acids is 1. The fourth-order valence-electron chi connectivity index (χ4n) is 3.28. The van der Waals surface area contributed by atoms with Gasteiger partial charge in [0.05, 0.1) is 0 Å². The van der Waals surface area contributed by atoms with Crippen LogP contribution in [0.3, 0.4) is 0 Å². The van der Waals surface area contributed by atoms with Crippen LogP contribution in [0.4, 0.5) is 4.79 Å². The molecule has 5 nitrogen and oxygen atoms in total. The molecule has 0 spiro atoms. The van der Waals surface area contributed by atoms with Crippen molar-refractivity contribution < 1.29 is 19.4 Å². The molecule has 128 valence electrons. The number of nitrogens with zero attached hydrogens (tertiary/aromatic N) is 1. The number of hydrogen-bond acceptors (Lipinski definition) is 3. The van der Waals surface area contributed by atoms with Gasteiger partial charge < -0.3 is 9.84 Å². The molecule has 0 heterocycles. The minimum Gasteiger partial charge on any atom is -0.480 e. The zero-order valence-corrected chi connectivity index (χ0v) is 14.8.